The second-order valence-corrected chi connectivity index (χ2v) is 5.36. The third-order valence-electron chi connectivity index (χ3n) is 4.01. The molecule has 0 rings (SSSR count). The molecule has 102 valence electrons. The van der Waals surface area contributed by atoms with Gasteiger partial charge in [0.15, 0.2) is 0 Å². The maximum absolute atomic E-state index is 11.4. The van der Waals surface area contributed by atoms with E-state index in [1.54, 1.807) is 0 Å². The molecule has 2 unspecified atom stereocenters. The van der Waals surface area contributed by atoms with Crippen LogP contribution in [0.1, 0.15) is 85.5 Å². The molecule has 0 fully saturated rings. The Bertz CT molecular complexity index is 186. The molecular weight excluding hydrogens is 208 g/mol. The van der Waals surface area contributed by atoms with Gasteiger partial charge >= 0.3 is 0 Å². The standard InChI is InChI=1S/C16H32O/c1-5-9-10-14(6-2)13-15(7-3)11-12-16(17)8-4/h14-15H,5-13H2,1-4H3. The van der Waals surface area contributed by atoms with Gasteiger partial charge in [0, 0.05) is 12.8 Å². The summed E-state index contributed by atoms with van der Waals surface area (Å²) >= 11 is 0. The van der Waals surface area contributed by atoms with Crippen LogP contribution in [0.3, 0.4) is 0 Å². The maximum Gasteiger partial charge on any atom is 0.132 e. The van der Waals surface area contributed by atoms with Crippen LogP contribution in [0.2, 0.25) is 0 Å². The lowest BCUT2D eigenvalue weighted by molar-refractivity contribution is -0.119. The Morgan fingerprint density at radius 2 is 1.53 bits per heavy atom. The minimum Gasteiger partial charge on any atom is -0.300 e. The Balaban J connectivity index is 3.94. The summed E-state index contributed by atoms with van der Waals surface area (Å²) in [5.74, 6) is 2.09. The first-order valence-electron chi connectivity index (χ1n) is 7.69. The molecule has 0 spiro atoms. The molecule has 0 radical (unpaired) electrons. The fourth-order valence-corrected chi connectivity index (χ4v) is 2.48. The molecule has 0 aromatic heterocycles. The predicted molar refractivity (Wildman–Crippen MR) is 76.2 cm³/mol. The fourth-order valence-electron chi connectivity index (χ4n) is 2.48. The molecule has 0 aromatic rings. The number of carbonyl (C=O) groups excluding carboxylic acids is 1. The number of rotatable bonds is 11. The van der Waals surface area contributed by atoms with Crippen LogP contribution < -0.4 is 0 Å². The highest BCUT2D eigenvalue weighted by molar-refractivity contribution is 5.77. The molecule has 0 bridgehead atoms. The predicted octanol–water partition coefficient (Wildman–Crippen LogP) is 5.38. The molecule has 0 heterocycles. The first-order chi connectivity index (χ1) is 8.17. The molecule has 1 heteroatoms. The van der Waals surface area contributed by atoms with Crippen LogP contribution in [-0.2, 0) is 4.79 Å². The van der Waals surface area contributed by atoms with Crippen LogP contribution in [0.5, 0.6) is 0 Å². The largest absolute Gasteiger partial charge is 0.300 e. The minimum atomic E-state index is 0.435. The molecule has 0 saturated heterocycles. The van der Waals surface area contributed by atoms with E-state index in [-0.39, 0.29) is 0 Å². The summed E-state index contributed by atoms with van der Waals surface area (Å²) < 4.78 is 0. The molecule has 0 saturated carbocycles. The zero-order chi connectivity index (χ0) is 13.1. The van der Waals surface area contributed by atoms with Gasteiger partial charge in [0.2, 0.25) is 0 Å². The van der Waals surface area contributed by atoms with Crippen LogP contribution in [0.4, 0.5) is 0 Å². The zero-order valence-corrected chi connectivity index (χ0v) is 12.4. The highest BCUT2D eigenvalue weighted by Crippen LogP contribution is 2.26. The zero-order valence-electron chi connectivity index (χ0n) is 12.4. The summed E-state index contributed by atoms with van der Waals surface area (Å²) in [5.41, 5.74) is 0. The molecule has 0 aliphatic heterocycles. The highest BCUT2D eigenvalue weighted by atomic mass is 16.1. The van der Waals surface area contributed by atoms with Crippen LogP contribution >= 0.6 is 0 Å². The van der Waals surface area contributed by atoms with E-state index in [2.05, 4.69) is 20.8 Å². The van der Waals surface area contributed by atoms with Crippen molar-refractivity contribution < 1.29 is 4.79 Å². The Morgan fingerprint density at radius 1 is 0.941 bits per heavy atom. The molecule has 0 aromatic carbocycles. The van der Waals surface area contributed by atoms with Gasteiger partial charge in [-0.15, -0.1) is 0 Å². The maximum atomic E-state index is 11.4. The van der Waals surface area contributed by atoms with Gasteiger partial charge < -0.3 is 0 Å². The molecule has 0 aliphatic carbocycles. The van der Waals surface area contributed by atoms with Gasteiger partial charge in [-0.1, -0.05) is 59.8 Å². The Kier molecular flexibility index (Phi) is 10.6. The molecule has 0 aliphatic rings. The summed E-state index contributed by atoms with van der Waals surface area (Å²) in [4.78, 5) is 11.4. The fraction of sp³-hybridized carbons (Fsp3) is 0.938. The van der Waals surface area contributed by atoms with Gasteiger partial charge in [0.25, 0.3) is 0 Å². The molecular formula is C16H32O. The summed E-state index contributed by atoms with van der Waals surface area (Å²) in [6.07, 6.45) is 10.6. The Morgan fingerprint density at radius 3 is 2.00 bits per heavy atom. The van der Waals surface area contributed by atoms with E-state index < -0.39 is 0 Å². The number of carbonyl (C=O) groups is 1. The van der Waals surface area contributed by atoms with E-state index in [1.165, 1.54) is 38.5 Å². The summed E-state index contributed by atoms with van der Waals surface area (Å²) in [5, 5.41) is 0. The number of unbranched alkanes of at least 4 members (excludes halogenated alkanes) is 1. The molecule has 0 N–H and O–H groups in total. The van der Waals surface area contributed by atoms with E-state index in [4.69, 9.17) is 0 Å². The van der Waals surface area contributed by atoms with Crippen molar-refractivity contribution in [3.63, 3.8) is 0 Å². The number of Topliss-reactive ketones (excluding diaryl/α,β-unsaturated/α-hetero) is 1. The quantitative estimate of drug-likeness (QED) is 0.474. The van der Waals surface area contributed by atoms with E-state index in [0.717, 1.165) is 24.7 Å². The van der Waals surface area contributed by atoms with E-state index >= 15 is 0 Å². The van der Waals surface area contributed by atoms with Crippen molar-refractivity contribution in [3.05, 3.63) is 0 Å². The van der Waals surface area contributed by atoms with Crippen molar-refractivity contribution in [3.8, 4) is 0 Å². The van der Waals surface area contributed by atoms with Gasteiger partial charge in [-0.05, 0) is 24.7 Å². The van der Waals surface area contributed by atoms with Crippen LogP contribution in [0.25, 0.3) is 0 Å². The normalized spacial score (nSPS) is 14.6. The Labute approximate surface area is 108 Å². The lowest BCUT2D eigenvalue weighted by atomic mass is 9.84. The van der Waals surface area contributed by atoms with Crippen LogP contribution in [0.15, 0.2) is 0 Å². The van der Waals surface area contributed by atoms with Gasteiger partial charge in [-0.2, -0.15) is 0 Å². The second-order valence-electron chi connectivity index (χ2n) is 5.36. The van der Waals surface area contributed by atoms with Gasteiger partial charge in [0.05, 0.1) is 0 Å². The molecule has 1 nitrogen and oxygen atoms in total. The SMILES string of the molecule is CCCCC(CC)CC(CC)CCC(=O)CC. The van der Waals surface area contributed by atoms with Crippen LogP contribution in [-0.4, -0.2) is 5.78 Å². The van der Waals surface area contributed by atoms with Crippen molar-refractivity contribution in [2.45, 2.75) is 85.5 Å². The van der Waals surface area contributed by atoms with Crippen molar-refractivity contribution in [1.29, 1.82) is 0 Å². The average Bonchev–Trinajstić information content (AvgIpc) is 2.37. The smallest absolute Gasteiger partial charge is 0.132 e. The summed E-state index contributed by atoms with van der Waals surface area (Å²) in [6, 6.07) is 0. The van der Waals surface area contributed by atoms with Gasteiger partial charge in [-0.3, -0.25) is 4.79 Å². The lowest BCUT2D eigenvalue weighted by Gasteiger charge is -2.21. The third-order valence-corrected chi connectivity index (χ3v) is 4.01. The van der Waals surface area contributed by atoms with Crippen molar-refractivity contribution in [1.82, 2.24) is 0 Å². The minimum absolute atomic E-state index is 0.435. The highest BCUT2D eigenvalue weighted by Gasteiger charge is 2.14. The summed E-state index contributed by atoms with van der Waals surface area (Å²) in [7, 11) is 0. The number of ketones is 1. The topological polar surface area (TPSA) is 17.1 Å². The first kappa shape index (κ1) is 16.7. The van der Waals surface area contributed by atoms with Crippen LogP contribution in [0, 0.1) is 11.8 Å². The number of hydrogen-bond acceptors (Lipinski definition) is 1. The number of hydrogen-bond donors (Lipinski definition) is 0. The molecule has 2 atom stereocenters. The van der Waals surface area contributed by atoms with Crippen molar-refractivity contribution >= 4 is 5.78 Å². The lowest BCUT2D eigenvalue weighted by Crippen LogP contribution is -2.10. The van der Waals surface area contributed by atoms with Crippen molar-refractivity contribution in [2.75, 3.05) is 0 Å². The van der Waals surface area contributed by atoms with Gasteiger partial charge in [-0.25, -0.2) is 0 Å². The Hall–Kier alpha value is -0.330. The molecule has 0 amide bonds. The average molecular weight is 240 g/mol. The summed E-state index contributed by atoms with van der Waals surface area (Å²) in [6.45, 7) is 8.82. The van der Waals surface area contributed by atoms with E-state index in [9.17, 15) is 4.79 Å². The first-order valence-corrected chi connectivity index (χ1v) is 7.69. The second kappa shape index (κ2) is 10.8. The van der Waals surface area contributed by atoms with Crippen molar-refractivity contribution in [2.24, 2.45) is 11.8 Å². The monoisotopic (exact) mass is 240 g/mol. The third kappa shape index (κ3) is 8.40. The van der Waals surface area contributed by atoms with E-state index in [1.807, 2.05) is 6.92 Å². The van der Waals surface area contributed by atoms with E-state index in [0.29, 0.717) is 12.2 Å². The molecule has 17 heavy (non-hydrogen) atoms. The van der Waals surface area contributed by atoms with Gasteiger partial charge in [0.1, 0.15) is 5.78 Å².